The molecule has 148 valence electrons. The number of H-pyrrole nitrogens is 1. The predicted octanol–water partition coefficient (Wildman–Crippen LogP) is 4.83. The summed E-state index contributed by atoms with van der Waals surface area (Å²) in [5.41, 5.74) is 3.21. The molecule has 0 aliphatic heterocycles. The molecule has 2 N–H and O–H groups in total. The van der Waals surface area contributed by atoms with Gasteiger partial charge in [0.1, 0.15) is 22.0 Å². The lowest BCUT2D eigenvalue weighted by Gasteiger charge is -2.09. The number of anilines is 2. The summed E-state index contributed by atoms with van der Waals surface area (Å²) in [6, 6.07) is 21.0. The van der Waals surface area contributed by atoms with Crippen molar-refractivity contribution in [2.75, 3.05) is 5.32 Å². The zero-order chi connectivity index (χ0) is 20.7. The maximum Gasteiger partial charge on any atom is 0.209 e. The number of aromatic nitrogens is 3. The Labute approximate surface area is 171 Å². The predicted molar refractivity (Wildman–Crippen MR) is 113 cm³/mol. The lowest BCUT2D eigenvalue weighted by atomic mass is 10.3. The van der Waals surface area contributed by atoms with E-state index in [2.05, 4.69) is 20.3 Å². The third kappa shape index (κ3) is 3.17. The van der Waals surface area contributed by atoms with Crippen LogP contribution in [0.4, 0.5) is 15.9 Å². The van der Waals surface area contributed by atoms with Crippen molar-refractivity contribution in [1.29, 1.82) is 0 Å². The normalized spacial score (nSPS) is 11.8. The Hall–Kier alpha value is -3.78. The van der Waals surface area contributed by atoms with E-state index >= 15 is 0 Å². The quantitative estimate of drug-likeness (QED) is 0.437. The molecule has 0 radical (unpaired) electrons. The maximum atomic E-state index is 14.4. The number of nitrogens with zero attached hydrogens (tertiary/aromatic N) is 2. The summed E-state index contributed by atoms with van der Waals surface area (Å²) in [6.45, 7) is 0. The van der Waals surface area contributed by atoms with Crippen LogP contribution >= 0.6 is 0 Å². The highest BCUT2D eigenvalue weighted by Crippen LogP contribution is 2.28. The topological polar surface area (TPSA) is 87.7 Å². The molecule has 0 unspecified atom stereocenters. The fraction of sp³-hybridized carbons (Fsp3) is 0. The molecule has 2 aromatic heterocycles. The molecule has 0 saturated carbocycles. The van der Waals surface area contributed by atoms with E-state index in [0.29, 0.717) is 22.7 Å². The molecule has 0 amide bonds. The number of halogens is 1. The van der Waals surface area contributed by atoms with Crippen LogP contribution in [0, 0.1) is 5.82 Å². The number of sulfone groups is 1. The first-order chi connectivity index (χ1) is 14.5. The van der Waals surface area contributed by atoms with Crippen molar-refractivity contribution in [3.8, 4) is 0 Å². The third-order valence-corrected chi connectivity index (χ3v) is 6.47. The molecule has 6 nitrogen and oxygen atoms in total. The summed E-state index contributed by atoms with van der Waals surface area (Å²) in [5, 5.41) is 3.07. The monoisotopic (exact) mass is 418 g/mol. The summed E-state index contributed by atoms with van der Waals surface area (Å²) in [5.74, 6) is -0.245. The molecule has 30 heavy (non-hydrogen) atoms. The first-order valence-electron chi connectivity index (χ1n) is 9.13. The van der Waals surface area contributed by atoms with Gasteiger partial charge < -0.3 is 10.3 Å². The molecular formula is C22H15FN4O2S. The Balaban J connectivity index is 1.53. The molecule has 0 saturated heterocycles. The van der Waals surface area contributed by atoms with Gasteiger partial charge in [-0.1, -0.05) is 30.3 Å². The Kier molecular flexibility index (Phi) is 4.22. The molecule has 0 spiro atoms. The highest BCUT2D eigenvalue weighted by atomic mass is 32.2. The van der Waals surface area contributed by atoms with Crippen LogP contribution in [0.3, 0.4) is 0 Å². The van der Waals surface area contributed by atoms with Gasteiger partial charge in [0.05, 0.1) is 15.9 Å². The van der Waals surface area contributed by atoms with Gasteiger partial charge in [-0.05, 0) is 42.5 Å². The van der Waals surface area contributed by atoms with Gasteiger partial charge >= 0.3 is 0 Å². The van der Waals surface area contributed by atoms with Crippen LogP contribution < -0.4 is 5.32 Å². The molecule has 0 aliphatic carbocycles. The first-order valence-corrected chi connectivity index (χ1v) is 10.6. The number of aromatic amines is 1. The standard InChI is InChI=1S/C22H15FN4O2S/c23-16-11-10-14(12-20(16)30(28,29)15-6-2-1-3-7-15)24-21-13-19-22(27-21)26-18-9-5-4-8-17(18)25-19/h1-13,24H,(H,26,27). The van der Waals surface area contributed by atoms with Crippen LogP contribution in [-0.4, -0.2) is 23.4 Å². The van der Waals surface area contributed by atoms with E-state index in [0.717, 1.165) is 17.1 Å². The van der Waals surface area contributed by atoms with Crippen LogP contribution in [0.1, 0.15) is 0 Å². The number of benzene rings is 3. The van der Waals surface area contributed by atoms with Crippen molar-refractivity contribution in [1.82, 2.24) is 15.0 Å². The van der Waals surface area contributed by atoms with Crippen LogP contribution in [0.2, 0.25) is 0 Å². The second-order valence-corrected chi connectivity index (χ2v) is 8.63. The fourth-order valence-electron chi connectivity index (χ4n) is 3.24. The first kappa shape index (κ1) is 18.3. The van der Waals surface area contributed by atoms with E-state index in [1.165, 1.54) is 24.3 Å². The number of fused-ring (bicyclic) bond motifs is 2. The second-order valence-electron chi connectivity index (χ2n) is 6.72. The molecule has 0 atom stereocenters. The average molecular weight is 418 g/mol. The zero-order valence-corrected chi connectivity index (χ0v) is 16.3. The van der Waals surface area contributed by atoms with Gasteiger partial charge in [-0.2, -0.15) is 0 Å². The number of para-hydroxylation sites is 2. The zero-order valence-electron chi connectivity index (χ0n) is 15.5. The van der Waals surface area contributed by atoms with Gasteiger partial charge in [0.25, 0.3) is 0 Å². The summed E-state index contributed by atoms with van der Waals surface area (Å²) in [4.78, 5) is 11.9. The van der Waals surface area contributed by atoms with Gasteiger partial charge in [-0.3, -0.25) is 0 Å². The van der Waals surface area contributed by atoms with Crippen LogP contribution in [0.15, 0.2) is 88.7 Å². The van der Waals surface area contributed by atoms with Gasteiger partial charge in [-0.25, -0.2) is 22.8 Å². The Morgan fingerprint density at radius 2 is 1.50 bits per heavy atom. The van der Waals surface area contributed by atoms with Crippen molar-refractivity contribution < 1.29 is 12.8 Å². The molecule has 3 aromatic carbocycles. The molecule has 0 bridgehead atoms. The third-order valence-electron chi connectivity index (χ3n) is 4.68. The van der Waals surface area contributed by atoms with Crippen LogP contribution in [0.25, 0.3) is 22.2 Å². The van der Waals surface area contributed by atoms with Gasteiger partial charge in [0, 0.05) is 11.8 Å². The van der Waals surface area contributed by atoms with E-state index in [9.17, 15) is 12.8 Å². The number of nitrogens with one attached hydrogen (secondary N) is 2. The molecule has 2 heterocycles. The van der Waals surface area contributed by atoms with Gasteiger partial charge in [0.2, 0.25) is 9.84 Å². The number of hydrogen-bond donors (Lipinski definition) is 2. The second kappa shape index (κ2) is 6.93. The minimum atomic E-state index is -3.99. The summed E-state index contributed by atoms with van der Waals surface area (Å²) < 4.78 is 40.1. The van der Waals surface area contributed by atoms with Crippen LogP contribution in [-0.2, 0) is 9.84 Å². The minimum Gasteiger partial charge on any atom is -0.342 e. The van der Waals surface area contributed by atoms with Crippen molar-refractivity contribution in [2.45, 2.75) is 9.79 Å². The lowest BCUT2D eigenvalue weighted by molar-refractivity contribution is 0.567. The van der Waals surface area contributed by atoms with Gasteiger partial charge in [0.15, 0.2) is 5.65 Å². The number of rotatable bonds is 4. The Morgan fingerprint density at radius 3 is 2.27 bits per heavy atom. The van der Waals surface area contributed by atoms with E-state index in [4.69, 9.17) is 0 Å². The summed E-state index contributed by atoms with van der Waals surface area (Å²) >= 11 is 0. The smallest absolute Gasteiger partial charge is 0.209 e. The Morgan fingerprint density at radius 1 is 0.800 bits per heavy atom. The van der Waals surface area contributed by atoms with E-state index in [-0.39, 0.29) is 4.90 Å². The van der Waals surface area contributed by atoms with E-state index in [1.807, 2.05) is 24.3 Å². The fourth-order valence-corrected chi connectivity index (χ4v) is 4.62. The van der Waals surface area contributed by atoms with Crippen LogP contribution in [0.5, 0.6) is 0 Å². The molecule has 0 fully saturated rings. The number of hydrogen-bond acceptors (Lipinski definition) is 5. The van der Waals surface area contributed by atoms with Crippen molar-refractivity contribution in [3.63, 3.8) is 0 Å². The summed E-state index contributed by atoms with van der Waals surface area (Å²) in [7, 11) is -3.99. The molecular weight excluding hydrogens is 403 g/mol. The SMILES string of the molecule is O=S(=O)(c1ccccc1)c1cc(Nc2cc3nc4ccccc4nc3[nH]2)ccc1F. The Bertz CT molecular complexity index is 1450. The molecule has 8 heteroatoms. The van der Waals surface area contributed by atoms with E-state index < -0.39 is 20.5 Å². The molecule has 5 aromatic rings. The lowest BCUT2D eigenvalue weighted by Crippen LogP contribution is -2.05. The molecule has 0 aliphatic rings. The van der Waals surface area contributed by atoms with Crippen molar-refractivity contribution in [2.24, 2.45) is 0 Å². The maximum absolute atomic E-state index is 14.4. The van der Waals surface area contributed by atoms with Gasteiger partial charge in [-0.15, -0.1) is 0 Å². The minimum absolute atomic E-state index is 0.0340. The largest absolute Gasteiger partial charge is 0.342 e. The van der Waals surface area contributed by atoms with Crippen molar-refractivity contribution >= 4 is 43.5 Å². The average Bonchev–Trinajstić information content (AvgIpc) is 3.14. The highest BCUT2D eigenvalue weighted by Gasteiger charge is 2.22. The van der Waals surface area contributed by atoms with Crippen molar-refractivity contribution in [3.05, 3.63) is 84.7 Å². The summed E-state index contributed by atoms with van der Waals surface area (Å²) in [6.07, 6.45) is 0. The van der Waals surface area contributed by atoms with E-state index in [1.54, 1.807) is 24.3 Å². The highest BCUT2D eigenvalue weighted by molar-refractivity contribution is 7.91. The molecule has 5 rings (SSSR count).